The van der Waals surface area contributed by atoms with Crippen molar-refractivity contribution in [1.82, 2.24) is 5.32 Å². The Labute approximate surface area is 80.0 Å². The minimum Gasteiger partial charge on any atom is -0.395 e. The van der Waals surface area contributed by atoms with Crippen molar-refractivity contribution in [2.45, 2.75) is 38.3 Å². The molecule has 0 heterocycles. The summed E-state index contributed by atoms with van der Waals surface area (Å²) in [5, 5.41) is 12.6. The number of aliphatic hydroxyl groups excluding tert-OH is 1. The topological polar surface area (TPSA) is 32.3 Å². The van der Waals surface area contributed by atoms with Crippen molar-refractivity contribution in [1.29, 1.82) is 0 Å². The number of hydrogen-bond donors (Lipinski definition) is 2. The maximum atomic E-state index is 9.05. The normalized spacial score (nSPS) is 38.5. The van der Waals surface area contributed by atoms with Crippen LogP contribution >= 0.6 is 0 Å². The van der Waals surface area contributed by atoms with Gasteiger partial charge in [0.05, 0.1) is 6.61 Å². The first-order chi connectivity index (χ1) is 6.35. The average molecular weight is 181 g/mol. The predicted octanol–water partition coefficient (Wildman–Crippen LogP) is 1.31. The van der Waals surface area contributed by atoms with Crippen molar-refractivity contribution in [3.8, 4) is 0 Å². The van der Waals surface area contributed by atoms with Crippen molar-refractivity contribution in [2.24, 2.45) is 11.8 Å². The average Bonchev–Trinajstić information content (AvgIpc) is 2.49. The third-order valence-corrected chi connectivity index (χ3v) is 3.53. The molecule has 0 bridgehead atoms. The van der Waals surface area contributed by atoms with E-state index in [0.29, 0.717) is 12.1 Å². The lowest BCUT2D eigenvalue weighted by atomic mass is 9.71. The van der Waals surface area contributed by atoms with Gasteiger partial charge in [-0.2, -0.15) is 0 Å². The number of aliphatic hydroxyl groups is 1. The quantitative estimate of drug-likeness (QED) is 0.641. The lowest BCUT2D eigenvalue weighted by molar-refractivity contribution is 0.128. The van der Waals surface area contributed by atoms with Crippen molar-refractivity contribution >= 4 is 0 Å². The van der Waals surface area contributed by atoms with Gasteiger partial charge in [-0.05, 0) is 31.1 Å². The zero-order chi connectivity index (χ0) is 9.26. The Morgan fingerprint density at radius 1 is 1.62 bits per heavy atom. The molecule has 4 atom stereocenters. The summed E-state index contributed by atoms with van der Waals surface area (Å²) in [7, 11) is 0. The molecule has 0 saturated heterocycles. The third-order valence-electron chi connectivity index (χ3n) is 3.53. The van der Waals surface area contributed by atoms with Crippen molar-refractivity contribution in [3.63, 3.8) is 0 Å². The van der Waals surface area contributed by atoms with Crippen LogP contribution < -0.4 is 5.32 Å². The van der Waals surface area contributed by atoms with Gasteiger partial charge in [-0.3, -0.25) is 0 Å². The maximum Gasteiger partial charge on any atom is 0.0584 e. The Kier molecular flexibility index (Phi) is 2.70. The molecule has 0 spiro atoms. The summed E-state index contributed by atoms with van der Waals surface area (Å²) in [5.41, 5.74) is 0. The van der Waals surface area contributed by atoms with Gasteiger partial charge in [0.15, 0.2) is 0 Å². The third kappa shape index (κ3) is 1.65. The molecule has 0 aromatic rings. The Hall–Kier alpha value is -0.340. The Bertz CT molecular complexity index is 198. The summed E-state index contributed by atoms with van der Waals surface area (Å²) >= 11 is 0. The van der Waals surface area contributed by atoms with Crippen molar-refractivity contribution < 1.29 is 5.11 Å². The minimum absolute atomic E-state index is 0.272. The van der Waals surface area contributed by atoms with Crippen molar-refractivity contribution in [2.75, 3.05) is 6.61 Å². The van der Waals surface area contributed by atoms with Gasteiger partial charge in [0.25, 0.3) is 0 Å². The molecule has 13 heavy (non-hydrogen) atoms. The number of nitrogens with one attached hydrogen (secondary N) is 1. The summed E-state index contributed by atoms with van der Waals surface area (Å²) in [5.74, 6) is 1.68. The van der Waals surface area contributed by atoms with Crippen LogP contribution in [0.5, 0.6) is 0 Å². The monoisotopic (exact) mass is 181 g/mol. The predicted molar refractivity (Wildman–Crippen MR) is 53.4 cm³/mol. The van der Waals surface area contributed by atoms with Crippen LogP contribution in [0.15, 0.2) is 12.2 Å². The molecule has 0 aromatic heterocycles. The molecule has 74 valence electrons. The molecule has 0 aliphatic heterocycles. The van der Waals surface area contributed by atoms with Gasteiger partial charge in [0.1, 0.15) is 0 Å². The highest BCUT2D eigenvalue weighted by Crippen LogP contribution is 2.42. The molecule has 1 saturated carbocycles. The molecule has 0 aromatic carbocycles. The SMILES string of the molecule is CC[C@@H](CO)NC1CC2CC=CC21. The van der Waals surface area contributed by atoms with E-state index in [1.165, 1.54) is 12.8 Å². The van der Waals surface area contributed by atoms with Gasteiger partial charge in [-0.25, -0.2) is 0 Å². The van der Waals surface area contributed by atoms with E-state index in [-0.39, 0.29) is 6.61 Å². The Morgan fingerprint density at radius 3 is 3.08 bits per heavy atom. The standard InChI is InChI=1S/C11H19NO/c1-2-9(7-13)12-11-6-8-4-3-5-10(8)11/h3,5,8-13H,2,4,6-7H2,1H3/t8?,9-,10?,11?/m0/s1. The van der Waals surface area contributed by atoms with Crippen LogP contribution in [0.1, 0.15) is 26.2 Å². The van der Waals surface area contributed by atoms with E-state index in [0.717, 1.165) is 18.3 Å². The first kappa shape index (κ1) is 9.22. The van der Waals surface area contributed by atoms with Gasteiger partial charge < -0.3 is 10.4 Å². The van der Waals surface area contributed by atoms with E-state index in [2.05, 4.69) is 24.4 Å². The van der Waals surface area contributed by atoms with Crippen molar-refractivity contribution in [3.05, 3.63) is 12.2 Å². The summed E-state index contributed by atoms with van der Waals surface area (Å²) in [4.78, 5) is 0. The van der Waals surface area contributed by atoms with E-state index in [1.54, 1.807) is 0 Å². The largest absolute Gasteiger partial charge is 0.395 e. The zero-order valence-corrected chi connectivity index (χ0v) is 8.24. The lowest BCUT2D eigenvalue weighted by Gasteiger charge is -2.42. The van der Waals surface area contributed by atoms with Gasteiger partial charge in [0, 0.05) is 12.1 Å². The van der Waals surface area contributed by atoms with Gasteiger partial charge in [-0.15, -0.1) is 0 Å². The fourth-order valence-electron chi connectivity index (χ4n) is 2.51. The highest BCUT2D eigenvalue weighted by atomic mass is 16.3. The number of hydrogen-bond acceptors (Lipinski definition) is 2. The van der Waals surface area contributed by atoms with Crippen LogP contribution in [0.4, 0.5) is 0 Å². The fourth-order valence-corrected chi connectivity index (χ4v) is 2.51. The Balaban J connectivity index is 1.80. The van der Waals surface area contributed by atoms with E-state index in [4.69, 9.17) is 5.11 Å². The number of fused-ring (bicyclic) bond motifs is 1. The van der Waals surface area contributed by atoms with E-state index >= 15 is 0 Å². The molecule has 2 N–H and O–H groups in total. The van der Waals surface area contributed by atoms with Crippen LogP contribution in [0.3, 0.4) is 0 Å². The van der Waals surface area contributed by atoms with Crippen LogP contribution in [0.2, 0.25) is 0 Å². The highest BCUT2D eigenvalue weighted by Gasteiger charge is 2.41. The van der Waals surface area contributed by atoms with Crippen LogP contribution in [0.25, 0.3) is 0 Å². The van der Waals surface area contributed by atoms with Crippen LogP contribution in [-0.4, -0.2) is 23.8 Å². The lowest BCUT2D eigenvalue weighted by Crippen LogP contribution is -2.52. The molecule has 2 aliphatic rings. The van der Waals surface area contributed by atoms with E-state index < -0.39 is 0 Å². The van der Waals surface area contributed by atoms with Gasteiger partial charge in [0.2, 0.25) is 0 Å². The Morgan fingerprint density at radius 2 is 2.46 bits per heavy atom. The second-order valence-corrected chi connectivity index (χ2v) is 4.30. The second-order valence-electron chi connectivity index (χ2n) is 4.30. The molecule has 2 nitrogen and oxygen atoms in total. The smallest absolute Gasteiger partial charge is 0.0584 e. The molecular weight excluding hydrogens is 162 g/mol. The molecule has 2 heteroatoms. The summed E-state index contributed by atoms with van der Waals surface area (Å²) in [6, 6.07) is 0.945. The molecular formula is C11H19NO. The highest BCUT2D eigenvalue weighted by molar-refractivity contribution is 5.13. The molecule has 0 amide bonds. The summed E-state index contributed by atoms with van der Waals surface area (Å²) in [6.07, 6.45) is 8.24. The van der Waals surface area contributed by atoms with Crippen LogP contribution in [-0.2, 0) is 0 Å². The van der Waals surface area contributed by atoms with E-state index in [9.17, 15) is 0 Å². The van der Waals surface area contributed by atoms with Gasteiger partial charge in [-0.1, -0.05) is 19.1 Å². The molecule has 2 rings (SSSR count). The van der Waals surface area contributed by atoms with E-state index in [1.807, 2.05) is 0 Å². The molecule has 2 aliphatic carbocycles. The molecule has 1 fully saturated rings. The zero-order valence-electron chi connectivity index (χ0n) is 8.24. The number of rotatable bonds is 4. The van der Waals surface area contributed by atoms with Crippen LogP contribution in [0, 0.1) is 11.8 Å². The first-order valence-corrected chi connectivity index (χ1v) is 5.38. The second kappa shape index (κ2) is 3.81. The molecule has 3 unspecified atom stereocenters. The summed E-state index contributed by atoms with van der Waals surface area (Å²) in [6.45, 7) is 2.39. The minimum atomic E-state index is 0.272. The summed E-state index contributed by atoms with van der Waals surface area (Å²) < 4.78 is 0. The maximum absolute atomic E-state index is 9.05. The van der Waals surface area contributed by atoms with Gasteiger partial charge >= 0.3 is 0 Å². The molecule has 0 radical (unpaired) electrons. The fraction of sp³-hybridized carbons (Fsp3) is 0.818. The number of allylic oxidation sites excluding steroid dienone is 1. The first-order valence-electron chi connectivity index (χ1n) is 5.38.